The summed E-state index contributed by atoms with van der Waals surface area (Å²) in [4.78, 5) is 13.7. The van der Waals surface area contributed by atoms with Crippen molar-refractivity contribution in [2.75, 3.05) is 13.1 Å². The number of hydrogen-bond donors (Lipinski definition) is 2. The van der Waals surface area contributed by atoms with Crippen LogP contribution in [0.1, 0.15) is 46.5 Å². The van der Waals surface area contributed by atoms with E-state index >= 15 is 0 Å². The second-order valence-electron chi connectivity index (χ2n) is 6.45. The van der Waals surface area contributed by atoms with Crippen molar-refractivity contribution in [2.45, 2.75) is 58.5 Å². The molecule has 1 aliphatic rings. The van der Waals surface area contributed by atoms with Gasteiger partial charge in [0.15, 0.2) is 6.19 Å². The maximum atomic E-state index is 12.1. The largest absolute Gasteiger partial charge is 0.354 e. The molecule has 0 spiro atoms. The van der Waals surface area contributed by atoms with E-state index in [1.807, 2.05) is 0 Å². The number of amides is 1. The van der Waals surface area contributed by atoms with Crippen LogP contribution in [0.5, 0.6) is 0 Å². The average molecular weight is 266 g/mol. The lowest BCUT2D eigenvalue weighted by atomic mass is 9.87. The Morgan fingerprint density at radius 2 is 2.16 bits per heavy atom. The van der Waals surface area contributed by atoms with Crippen molar-refractivity contribution in [1.29, 1.82) is 5.26 Å². The molecular formula is C14H26N4O. The van der Waals surface area contributed by atoms with Crippen molar-refractivity contribution in [2.24, 2.45) is 11.1 Å². The molecule has 1 rings (SSSR count). The van der Waals surface area contributed by atoms with Crippen LogP contribution < -0.4 is 11.1 Å². The first-order valence-electron chi connectivity index (χ1n) is 7.05. The zero-order valence-electron chi connectivity index (χ0n) is 12.3. The molecule has 5 heteroatoms. The van der Waals surface area contributed by atoms with Gasteiger partial charge in [-0.05, 0) is 37.6 Å². The molecule has 0 aromatic carbocycles. The summed E-state index contributed by atoms with van der Waals surface area (Å²) in [6, 6.07) is -0.106. The van der Waals surface area contributed by atoms with Crippen molar-refractivity contribution in [3.8, 4) is 6.19 Å². The monoisotopic (exact) mass is 266 g/mol. The molecule has 108 valence electrons. The van der Waals surface area contributed by atoms with E-state index in [9.17, 15) is 10.1 Å². The molecular weight excluding hydrogens is 240 g/mol. The number of nitrogens with one attached hydrogen (secondary N) is 1. The Bertz CT molecular complexity index is 342. The molecule has 19 heavy (non-hydrogen) atoms. The molecule has 1 aliphatic heterocycles. The minimum absolute atomic E-state index is 0.0357. The van der Waals surface area contributed by atoms with E-state index in [-0.39, 0.29) is 23.4 Å². The summed E-state index contributed by atoms with van der Waals surface area (Å²) in [6.45, 7) is 7.65. The number of rotatable bonds is 5. The fourth-order valence-electron chi connectivity index (χ4n) is 2.63. The number of nitrogens with two attached hydrogens (primary N) is 1. The zero-order chi connectivity index (χ0) is 14.5. The summed E-state index contributed by atoms with van der Waals surface area (Å²) in [7, 11) is 0. The van der Waals surface area contributed by atoms with E-state index in [1.165, 1.54) is 0 Å². The van der Waals surface area contributed by atoms with Gasteiger partial charge in [-0.25, -0.2) is 0 Å². The molecule has 1 heterocycles. The Labute approximate surface area is 116 Å². The molecule has 1 fully saturated rings. The third-order valence-electron chi connectivity index (χ3n) is 3.45. The van der Waals surface area contributed by atoms with Crippen LogP contribution in [0.4, 0.5) is 0 Å². The Kier molecular flexibility index (Phi) is 5.61. The highest BCUT2D eigenvalue weighted by atomic mass is 16.2. The molecule has 1 saturated heterocycles. The van der Waals surface area contributed by atoms with Crippen molar-refractivity contribution >= 4 is 5.91 Å². The standard InChI is InChI=1S/C14H26N4O/c1-14(2,3)9-11-5-6-12(18(11)10-16)13(19)17-8-4-7-15/h11-12H,4-9,15H2,1-3H3,(H,17,19). The van der Waals surface area contributed by atoms with E-state index in [1.54, 1.807) is 4.90 Å². The van der Waals surface area contributed by atoms with Crippen molar-refractivity contribution in [3.05, 3.63) is 0 Å². The molecule has 0 aromatic rings. The SMILES string of the molecule is CC(C)(C)CC1CCC(C(=O)NCCCN)N1C#N. The van der Waals surface area contributed by atoms with Gasteiger partial charge in [0.2, 0.25) is 5.91 Å². The molecule has 0 bridgehead atoms. The van der Waals surface area contributed by atoms with Gasteiger partial charge in [-0.3, -0.25) is 9.69 Å². The number of nitrogens with zero attached hydrogens (tertiary/aromatic N) is 2. The van der Waals surface area contributed by atoms with Gasteiger partial charge in [-0.1, -0.05) is 20.8 Å². The number of carbonyl (C=O) groups is 1. The smallest absolute Gasteiger partial charge is 0.243 e. The number of hydrogen-bond acceptors (Lipinski definition) is 4. The van der Waals surface area contributed by atoms with Gasteiger partial charge in [-0.15, -0.1) is 0 Å². The summed E-state index contributed by atoms with van der Waals surface area (Å²) in [5.74, 6) is -0.0357. The van der Waals surface area contributed by atoms with Crippen molar-refractivity contribution in [1.82, 2.24) is 10.2 Å². The van der Waals surface area contributed by atoms with E-state index in [2.05, 4.69) is 32.3 Å². The molecule has 0 saturated carbocycles. The molecule has 1 amide bonds. The van der Waals surface area contributed by atoms with E-state index in [4.69, 9.17) is 5.73 Å². The van der Waals surface area contributed by atoms with Gasteiger partial charge in [0.25, 0.3) is 0 Å². The lowest BCUT2D eigenvalue weighted by Crippen LogP contribution is -2.44. The minimum Gasteiger partial charge on any atom is -0.354 e. The van der Waals surface area contributed by atoms with Crippen molar-refractivity contribution in [3.63, 3.8) is 0 Å². The van der Waals surface area contributed by atoms with Crippen LogP contribution in [0.2, 0.25) is 0 Å². The maximum Gasteiger partial charge on any atom is 0.243 e. The van der Waals surface area contributed by atoms with Crippen LogP contribution in [-0.2, 0) is 4.79 Å². The summed E-state index contributed by atoms with van der Waals surface area (Å²) >= 11 is 0. The van der Waals surface area contributed by atoms with Crippen LogP contribution in [0.25, 0.3) is 0 Å². The Morgan fingerprint density at radius 3 is 2.68 bits per heavy atom. The first-order valence-corrected chi connectivity index (χ1v) is 7.05. The fourth-order valence-corrected chi connectivity index (χ4v) is 2.63. The van der Waals surface area contributed by atoms with Gasteiger partial charge >= 0.3 is 0 Å². The lowest BCUT2D eigenvalue weighted by molar-refractivity contribution is -0.124. The maximum absolute atomic E-state index is 12.1. The third kappa shape index (κ3) is 4.71. The van der Waals surface area contributed by atoms with Gasteiger partial charge in [0.05, 0.1) is 0 Å². The quantitative estimate of drug-likeness (QED) is 0.578. The molecule has 5 nitrogen and oxygen atoms in total. The van der Waals surface area contributed by atoms with Crippen molar-refractivity contribution < 1.29 is 4.79 Å². The fraction of sp³-hybridized carbons (Fsp3) is 0.857. The first-order chi connectivity index (χ1) is 8.89. The number of likely N-dealkylation sites (tertiary alicyclic amines) is 1. The highest BCUT2D eigenvalue weighted by Crippen LogP contribution is 2.32. The summed E-state index contributed by atoms with van der Waals surface area (Å²) in [5.41, 5.74) is 5.57. The second kappa shape index (κ2) is 6.76. The molecule has 2 unspecified atom stereocenters. The van der Waals surface area contributed by atoms with Crippen LogP contribution >= 0.6 is 0 Å². The summed E-state index contributed by atoms with van der Waals surface area (Å²) < 4.78 is 0. The van der Waals surface area contributed by atoms with E-state index in [0.29, 0.717) is 13.1 Å². The van der Waals surface area contributed by atoms with Gasteiger partial charge in [0, 0.05) is 12.6 Å². The molecule has 0 aliphatic carbocycles. The Balaban J connectivity index is 2.57. The Hall–Kier alpha value is -1.28. The molecule has 3 N–H and O–H groups in total. The van der Waals surface area contributed by atoms with Crippen LogP contribution in [0, 0.1) is 16.9 Å². The van der Waals surface area contributed by atoms with Crippen LogP contribution in [0.3, 0.4) is 0 Å². The molecule has 2 atom stereocenters. The highest BCUT2D eigenvalue weighted by Gasteiger charge is 2.38. The van der Waals surface area contributed by atoms with Gasteiger partial charge < -0.3 is 11.1 Å². The summed E-state index contributed by atoms with van der Waals surface area (Å²) in [6.07, 6.45) is 5.60. The number of carbonyl (C=O) groups excluding carboxylic acids is 1. The van der Waals surface area contributed by atoms with E-state index < -0.39 is 0 Å². The Morgan fingerprint density at radius 1 is 1.47 bits per heavy atom. The van der Waals surface area contributed by atoms with E-state index in [0.717, 1.165) is 25.7 Å². The minimum atomic E-state index is -0.296. The lowest BCUT2D eigenvalue weighted by Gasteiger charge is -2.29. The zero-order valence-corrected chi connectivity index (χ0v) is 12.3. The normalized spacial score (nSPS) is 23.2. The third-order valence-corrected chi connectivity index (χ3v) is 3.45. The van der Waals surface area contributed by atoms with Gasteiger partial charge in [-0.2, -0.15) is 5.26 Å². The average Bonchev–Trinajstić information content (AvgIpc) is 2.69. The van der Waals surface area contributed by atoms with Gasteiger partial charge in [0.1, 0.15) is 6.04 Å². The predicted molar refractivity (Wildman–Crippen MR) is 75.0 cm³/mol. The molecule has 0 aromatic heterocycles. The highest BCUT2D eigenvalue weighted by molar-refractivity contribution is 5.82. The number of nitriles is 1. The van der Waals surface area contributed by atoms with Crippen LogP contribution in [-0.4, -0.2) is 36.0 Å². The first kappa shape index (κ1) is 15.8. The summed E-state index contributed by atoms with van der Waals surface area (Å²) in [5, 5.41) is 12.2. The van der Waals surface area contributed by atoms with Crippen LogP contribution in [0.15, 0.2) is 0 Å². The molecule has 0 radical (unpaired) electrons. The predicted octanol–water partition coefficient (Wildman–Crippen LogP) is 1.20. The second-order valence-corrected chi connectivity index (χ2v) is 6.45. The topological polar surface area (TPSA) is 82.2 Å².